The van der Waals surface area contributed by atoms with Gasteiger partial charge in [0.05, 0.1) is 17.8 Å². The first kappa shape index (κ1) is 9.99. The Bertz CT molecular complexity index is 472. The van der Waals surface area contributed by atoms with Crippen molar-refractivity contribution in [2.24, 2.45) is 0 Å². The fraction of sp³-hybridized carbons (Fsp3) is 0.300. The van der Waals surface area contributed by atoms with E-state index in [1.54, 1.807) is 7.11 Å². The molecular weight excluding hydrogens is 265 g/mol. The highest BCUT2D eigenvalue weighted by Crippen LogP contribution is 2.12. The topological polar surface area (TPSA) is 22.1 Å². The summed E-state index contributed by atoms with van der Waals surface area (Å²) in [5.74, 6) is 0.603. The molecule has 4 heteroatoms. The second kappa shape index (κ2) is 3.91. The summed E-state index contributed by atoms with van der Waals surface area (Å²) in [6.45, 7) is 0. The second-order valence-electron chi connectivity index (χ2n) is 3.07. The van der Waals surface area contributed by atoms with Crippen LogP contribution in [0.5, 0.6) is 5.88 Å². The average Bonchev–Trinajstić information content (AvgIpc) is 2.16. The summed E-state index contributed by atoms with van der Waals surface area (Å²) in [5.41, 5.74) is 0. The number of halogens is 2. The molecule has 1 aromatic heterocycles. The summed E-state index contributed by atoms with van der Waals surface area (Å²) in [4.78, 5) is 4.32. The number of nitrogens with zero attached hydrogens (tertiary/aromatic N) is 1. The molecule has 1 atom stereocenters. The number of ether oxygens (including phenoxy) is 1. The van der Waals surface area contributed by atoms with Crippen LogP contribution < -0.4 is 15.3 Å². The van der Waals surface area contributed by atoms with Gasteiger partial charge >= 0.3 is 0 Å². The molecule has 1 aliphatic rings. The summed E-state index contributed by atoms with van der Waals surface area (Å²) in [7, 11) is 1.60. The molecule has 0 radical (unpaired) electrons. The fourth-order valence-electron chi connectivity index (χ4n) is 1.42. The maximum Gasteiger partial charge on any atom is 0.214 e. The monoisotopic (exact) mass is 273 g/mol. The fourth-order valence-corrected chi connectivity index (χ4v) is 2.19. The molecule has 0 N–H and O–H groups in total. The number of pyridine rings is 1. The van der Waals surface area contributed by atoms with Crippen molar-refractivity contribution in [1.82, 2.24) is 4.98 Å². The molecule has 2 nitrogen and oxygen atoms in total. The van der Waals surface area contributed by atoms with Crippen LogP contribution in [0.25, 0.3) is 12.2 Å². The Morgan fingerprint density at radius 3 is 3.14 bits per heavy atom. The van der Waals surface area contributed by atoms with Crippen LogP contribution in [0.2, 0.25) is 0 Å². The van der Waals surface area contributed by atoms with Crippen molar-refractivity contribution in [3.63, 3.8) is 0 Å². The predicted octanol–water partition coefficient (Wildman–Crippen LogP) is 1.42. The van der Waals surface area contributed by atoms with Crippen LogP contribution in [-0.4, -0.2) is 17.5 Å². The first-order valence-corrected chi connectivity index (χ1v) is 5.50. The molecule has 1 aromatic rings. The summed E-state index contributed by atoms with van der Waals surface area (Å²) >= 11 is 9.49. The first-order valence-electron chi connectivity index (χ1n) is 4.27. The largest absolute Gasteiger partial charge is 0.481 e. The molecule has 0 bridgehead atoms. The first-order chi connectivity index (χ1) is 6.70. The van der Waals surface area contributed by atoms with Gasteiger partial charge in [0, 0.05) is 15.8 Å². The highest BCUT2D eigenvalue weighted by atomic mass is 79.9. The molecule has 0 aliphatic heterocycles. The zero-order valence-electron chi connectivity index (χ0n) is 7.63. The number of hydrogen-bond donors (Lipinski definition) is 0. The van der Waals surface area contributed by atoms with Gasteiger partial charge in [-0.05, 0) is 28.4 Å². The molecule has 0 spiro atoms. The molecular formula is C10H9BrClNO. The van der Waals surface area contributed by atoms with E-state index >= 15 is 0 Å². The Labute approximate surface area is 95.4 Å². The van der Waals surface area contributed by atoms with Crippen LogP contribution in [-0.2, 0) is 0 Å². The molecule has 0 fully saturated rings. The SMILES string of the molecule is COc1cc(Br)c2c(n1)=CC(Cl)CC=2. The van der Waals surface area contributed by atoms with Crippen molar-refractivity contribution in [2.75, 3.05) is 7.11 Å². The highest BCUT2D eigenvalue weighted by Gasteiger charge is 2.07. The zero-order chi connectivity index (χ0) is 10.1. The van der Waals surface area contributed by atoms with Gasteiger partial charge < -0.3 is 4.74 Å². The molecule has 0 aromatic carbocycles. The quantitative estimate of drug-likeness (QED) is 0.723. The van der Waals surface area contributed by atoms with Gasteiger partial charge in [0.2, 0.25) is 5.88 Å². The number of alkyl halides is 1. The Hall–Kier alpha value is -0.540. The number of aromatic nitrogens is 1. The average molecular weight is 275 g/mol. The van der Waals surface area contributed by atoms with Crippen molar-refractivity contribution in [3.8, 4) is 5.88 Å². The number of methoxy groups -OCH3 is 1. The maximum atomic E-state index is 6.01. The van der Waals surface area contributed by atoms with E-state index in [0.29, 0.717) is 5.88 Å². The summed E-state index contributed by atoms with van der Waals surface area (Å²) in [5, 5.41) is 2.03. The van der Waals surface area contributed by atoms with Crippen molar-refractivity contribution in [2.45, 2.75) is 11.8 Å². The van der Waals surface area contributed by atoms with E-state index in [2.05, 4.69) is 27.0 Å². The van der Waals surface area contributed by atoms with Crippen LogP contribution in [0, 0.1) is 0 Å². The lowest BCUT2D eigenvalue weighted by molar-refractivity contribution is 0.396. The smallest absolute Gasteiger partial charge is 0.214 e. The Morgan fingerprint density at radius 2 is 2.43 bits per heavy atom. The molecule has 0 saturated heterocycles. The van der Waals surface area contributed by atoms with Crippen molar-refractivity contribution in [3.05, 3.63) is 21.1 Å². The molecule has 14 heavy (non-hydrogen) atoms. The number of hydrogen-bond acceptors (Lipinski definition) is 2. The van der Waals surface area contributed by atoms with Gasteiger partial charge in [-0.2, -0.15) is 0 Å². The zero-order valence-corrected chi connectivity index (χ0v) is 9.97. The maximum absolute atomic E-state index is 6.01. The van der Waals surface area contributed by atoms with Crippen LogP contribution in [0.1, 0.15) is 6.42 Å². The number of rotatable bonds is 1. The van der Waals surface area contributed by atoms with E-state index in [9.17, 15) is 0 Å². The minimum atomic E-state index is 0.0361. The molecule has 0 amide bonds. The lowest BCUT2D eigenvalue weighted by Crippen LogP contribution is -2.33. The van der Waals surface area contributed by atoms with E-state index in [1.807, 2.05) is 12.1 Å². The van der Waals surface area contributed by atoms with Gasteiger partial charge in [-0.25, -0.2) is 4.98 Å². The van der Waals surface area contributed by atoms with Crippen LogP contribution in [0.4, 0.5) is 0 Å². The third kappa shape index (κ3) is 1.79. The highest BCUT2D eigenvalue weighted by molar-refractivity contribution is 9.10. The van der Waals surface area contributed by atoms with E-state index in [4.69, 9.17) is 16.3 Å². The second-order valence-corrected chi connectivity index (χ2v) is 4.48. The van der Waals surface area contributed by atoms with Gasteiger partial charge in [0.15, 0.2) is 0 Å². The lowest BCUT2D eigenvalue weighted by Gasteiger charge is -2.07. The number of fused-ring (bicyclic) bond motifs is 1. The Balaban J connectivity index is 2.72. The third-order valence-electron chi connectivity index (χ3n) is 2.11. The van der Waals surface area contributed by atoms with Crippen LogP contribution in [0.3, 0.4) is 0 Å². The molecule has 1 unspecified atom stereocenters. The van der Waals surface area contributed by atoms with Crippen LogP contribution >= 0.6 is 27.5 Å². The normalized spacial score (nSPS) is 19.2. The standard InChI is InChI=1S/C10H9BrClNO/c1-14-10-5-8(11)7-3-2-6(12)4-9(7)13-10/h3-6H,2H2,1H3. The summed E-state index contributed by atoms with van der Waals surface area (Å²) in [6.07, 6.45) is 4.88. The molecule has 0 saturated carbocycles. The summed E-state index contributed by atoms with van der Waals surface area (Å²) in [6, 6.07) is 1.86. The Kier molecular flexibility index (Phi) is 2.79. The van der Waals surface area contributed by atoms with Gasteiger partial charge in [-0.15, -0.1) is 11.6 Å². The minimum Gasteiger partial charge on any atom is -0.481 e. The van der Waals surface area contributed by atoms with E-state index < -0.39 is 0 Å². The summed E-state index contributed by atoms with van der Waals surface area (Å²) < 4.78 is 6.08. The predicted molar refractivity (Wildman–Crippen MR) is 60.9 cm³/mol. The molecule has 74 valence electrons. The van der Waals surface area contributed by atoms with Crippen molar-refractivity contribution >= 4 is 39.7 Å². The molecule has 1 heterocycles. The van der Waals surface area contributed by atoms with Gasteiger partial charge in [0.1, 0.15) is 0 Å². The Morgan fingerprint density at radius 1 is 1.64 bits per heavy atom. The van der Waals surface area contributed by atoms with Crippen LogP contribution in [0.15, 0.2) is 10.5 Å². The third-order valence-corrected chi connectivity index (χ3v) is 3.07. The molecule has 2 rings (SSSR count). The van der Waals surface area contributed by atoms with E-state index in [1.165, 1.54) is 0 Å². The van der Waals surface area contributed by atoms with Crippen molar-refractivity contribution < 1.29 is 4.74 Å². The molecule has 1 aliphatic carbocycles. The van der Waals surface area contributed by atoms with Gasteiger partial charge in [-0.1, -0.05) is 6.08 Å². The lowest BCUT2D eigenvalue weighted by atomic mass is 10.1. The van der Waals surface area contributed by atoms with E-state index in [0.717, 1.165) is 21.5 Å². The van der Waals surface area contributed by atoms with Crippen molar-refractivity contribution in [1.29, 1.82) is 0 Å². The van der Waals surface area contributed by atoms with E-state index in [-0.39, 0.29) is 5.38 Å². The van der Waals surface area contributed by atoms with Gasteiger partial charge in [-0.3, -0.25) is 0 Å². The van der Waals surface area contributed by atoms with Gasteiger partial charge in [0.25, 0.3) is 0 Å². The minimum absolute atomic E-state index is 0.0361.